The van der Waals surface area contributed by atoms with Crippen molar-refractivity contribution in [1.29, 1.82) is 0 Å². The first-order valence-corrected chi connectivity index (χ1v) is 11.0. The van der Waals surface area contributed by atoms with Gasteiger partial charge < -0.3 is 4.90 Å². The molecule has 0 bridgehead atoms. The first-order valence-electron chi connectivity index (χ1n) is 10.1. The SMILES string of the molecule is C[C@H]1c2ccsc2CCN1C(=O)c1cn(Cc2ccccc2)nc1-c1cccnc1. The lowest BCUT2D eigenvalue weighted by Crippen LogP contribution is -2.38. The fourth-order valence-corrected chi connectivity index (χ4v) is 5.05. The molecule has 30 heavy (non-hydrogen) atoms. The van der Waals surface area contributed by atoms with Gasteiger partial charge in [0.05, 0.1) is 18.2 Å². The Labute approximate surface area is 179 Å². The molecular formula is C24H22N4OS. The predicted molar refractivity (Wildman–Crippen MR) is 118 cm³/mol. The van der Waals surface area contributed by atoms with Crippen molar-refractivity contribution in [2.75, 3.05) is 6.54 Å². The van der Waals surface area contributed by atoms with Crippen LogP contribution in [0.15, 0.2) is 72.5 Å². The summed E-state index contributed by atoms with van der Waals surface area (Å²) in [5, 5.41) is 6.90. The highest BCUT2D eigenvalue weighted by molar-refractivity contribution is 7.10. The molecule has 0 spiro atoms. The van der Waals surface area contributed by atoms with Gasteiger partial charge in [0.2, 0.25) is 0 Å². The fourth-order valence-electron chi connectivity index (χ4n) is 4.09. The zero-order valence-corrected chi connectivity index (χ0v) is 17.5. The van der Waals surface area contributed by atoms with E-state index >= 15 is 0 Å². The number of thiophene rings is 1. The van der Waals surface area contributed by atoms with Gasteiger partial charge in [-0.25, -0.2) is 0 Å². The Hall–Kier alpha value is -3.25. The largest absolute Gasteiger partial charge is 0.331 e. The van der Waals surface area contributed by atoms with Crippen LogP contribution in [0.1, 0.15) is 39.3 Å². The summed E-state index contributed by atoms with van der Waals surface area (Å²) in [6.07, 6.45) is 6.29. The molecule has 150 valence electrons. The molecular weight excluding hydrogens is 392 g/mol. The Morgan fingerprint density at radius 2 is 2.03 bits per heavy atom. The topological polar surface area (TPSA) is 51.0 Å². The number of rotatable bonds is 4. The highest BCUT2D eigenvalue weighted by atomic mass is 32.1. The summed E-state index contributed by atoms with van der Waals surface area (Å²) in [6.45, 7) is 3.45. The molecule has 0 radical (unpaired) electrons. The molecule has 0 N–H and O–H groups in total. The van der Waals surface area contributed by atoms with Crippen LogP contribution >= 0.6 is 11.3 Å². The van der Waals surface area contributed by atoms with E-state index in [4.69, 9.17) is 5.10 Å². The quantitative estimate of drug-likeness (QED) is 0.481. The first kappa shape index (κ1) is 18.8. The molecule has 4 aromatic rings. The molecule has 1 amide bonds. The Bertz CT molecular complexity index is 1170. The minimum Gasteiger partial charge on any atom is -0.331 e. The molecule has 1 atom stereocenters. The highest BCUT2D eigenvalue weighted by Gasteiger charge is 2.31. The second-order valence-corrected chi connectivity index (χ2v) is 8.54. The van der Waals surface area contributed by atoms with Crippen LogP contribution in [0.4, 0.5) is 0 Å². The van der Waals surface area contributed by atoms with Gasteiger partial charge in [0, 0.05) is 35.6 Å². The van der Waals surface area contributed by atoms with Gasteiger partial charge in [-0.3, -0.25) is 14.5 Å². The average Bonchev–Trinajstić information content (AvgIpc) is 3.43. The molecule has 5 nitrogen and oxygen atoms in total. The summed E-state index contributed by atoms with van der Waals surface area (Å²) in [6, 6.07) is 16.2. The van der Waals surface area contributed by atoms with Gasteiger partial charge in [-0.1, -0.05) is 30.3 Å². The maximum atomic E-state index is 13.7. The number of aromatic nitrogens is 3. The number of carbonyl (C=O) groups is 1. The van der Waals surface area contributed by atoms with Crippen molar-refractivity contribution < 1.29 is 4.79 Å². The fraction of sp³-hybridized carbons (Fsp3) is 0.208. The molecule has 1 aromatic carbocycles. The number of hydrogen-bond donors (Lipinski definition) is 0. The van der Waals surface area contributed by atoms with Gasteiger partial charge >= 0.3 is 0 Å². The number of fused-ring (bicyclic) bond motifs is 1. The Kier molecular flexibility index (Phi) is 4.93. The zero-order valence-electron chi connectivity index (χ0n) is 16.7. The first-order chi connectivity index (χ1) is 14.7. The standard InChI is InChI=1S/C24H22N4OS/c1-17-20-10-13-30-22(20)9-12-28(17)24(29)21-16-27(15-18-6-3-2-4-7-18)26-23(21)19-8-5-11-25-14-19/h2-8,10-11,13-14,16-17H,9,12,15H2,1H3/t17-/m0/s1. The smallest absolute Gasteiger partial charge is 0.258 e. The van der Waals surface area contributed by atoms with Crippen LogP contribution < -0.4 is 0 Å². The Morgan fingerprint density at radius 1 is 1.17 bits per heavy atom. The number of benzene rings is 1. The van der Waals surface area contributed by atoms with Crippen molar-refractivity contribution in [3.05, 3.63) is 94.1 Å². The van der Waals surface area contributed by atoms with Gasteiger partial charge in [-0.15, -0.1) is 11.3 Å². The molecule has 6 heteroatoms. The third-order valence-electron chi connectivity index (χ3n) is 5.65. The van der Waals surface area contributed by atoms with Crippen molar-refractivity contribution in [3.8, 4) is 11.3 Å². The third kappa shape index (κ3) is 3.44. The van der Waals surface area contributed by atoms with E-state index in [9.17, 15) is 4.79 Å². The lowest BCUT2D eigenvalue weighted by atomic mass is 10.00. The van der Waals surface area contributed by atoms with Crippen molar-refractivity contribution in [2.24, 2.45) is 0 Å². The van der Waals surface area contributed by atoms with E-state index in [0.29, 0.717) is 17.8 Å². The van der Waals surface area contributed by atoms with E-state index in [1.54, 1.807) is 23.7 Å². The lowest BCUT2D eigenvalue weighted by molar-refractivity contribution is 0.0680. The maximum absolute atomic E-state index is 13.7. The van der Waals surface area contributed by atoms with Crippen molar-refractivity contribution in [2.45, 2.75) is 25.9 Å². The van der Waals surface area contributed by atoms with E-state index in [2.05, 4.69) is 35.5 Å². The zero-order chi connectivity index (χ0) is 20.5. The maximum Gasteiger partial charge on any atom is 0.258 e. The number of nitrogens with zero attached hydrogens (tertiary/aromatic N) is 4. The van der Waals surface area contributed by atoms with E-state index in [1.165, 1.54) is 10.4 Å². The Morgan fingerprint density at radius 3 is 2.83 bits per heavy atom. The minimum atomic E-state index is 0.0255. The molecule has 0 unspecified atom stereocenters. The van der Waals surface area contributed by atoms with E-state index in [0.717, 1.165) is 24.1 Å². The predicted octanol–water partition coefficient (Wildman–Crippen LogP) is 4.81. The second kappa shape index (κ2) is 7.88. The minimum absolute atomic E-state index is 0.0255. The van der Waals surface area contributed by atoms with Gasteiger partial charge in [0.1, 0.15) is 5.69 Å². The summed E-state index contributed by atoms with van der Waals surface area (Å²) in [4.78, 5) is 21.2. The normalized spacial score (nSPS) is 15.8. The number of pyridine rings is 1. The molecule has 1 aliphatic heterocycles. The number of amides is 1. The van der Waals surface area contributed by atoms with Crippen LogP contribution in [-0.2, 0) is 13.0 Å². The monoisotopic (exact) mass is 414 g/mol. The van der Waals surface area contributed by atoms with Crippen molar-refractivity contribution >= 4 is 17.2 Å². The van der Waals surface area contributed by atoms with Gasteiger partial charge in [-0.2, -0.15) is 5.10 Å². The lowest BCUT2D eigenvalue weighted by Gasteiger charge is -2.33. The molecule has 0 saturated carbocycles. The average molecular weight is 415 g/mol. The van der Waals surface area contributed by atoms with Gasteiger partial charge in [-0.05, 0) is 48.1 Å². The second-order valence-electron chi connectivity index (χ2n) is 7.54. The van der Waals surface area contributed by atoms with E-state index < -0.39 is 0 Å². The van der Waals surface area contributed by atoms with Crippen molar-refractivity contribution in [1.82, 2.24) is 19.7 Å². The van der Waals surface area contributed by atoms with Crippen LogP contribution in [0.25, 0.3) is 11.3 Å². The molecule has 1 aliphatic rings. The van der Waals surface area contributed by atoms with E-state index in [1.807, 2.05) is 46.1 Å². The van der Waals surface area contributed by atoms with Gasteiger partial charge in [0.25, 0.3) is 5.91 Å². The number of carbonyl (C=O) groups excluding carboxylic acids is 1. The number of hydrogen-bond acceptors (Lipinski definition) is 4. The van der Waals surface area contributed by atoms with Crippen LogP contribution in [-0.4, -0.2) is 32.1 Å². The molecule has 5 rings (SSSR count). The summed E-state index contributed by atoms with van der Waals surface area (Å²) >= 11 is 1.78. The third-order valence-corrected chi connectivity index (χ3v) is 6.65. The van der Waals surface area contributed by atoms with E-state index in [-0.39, 0.29) is 11.9 Å². The summed E-state index contributed by atoms with van der Waals surface area (Å²) in [7, 11) is 0. The summed E-state index contributed by atoms with van der Waals surface area (Å²) < 4.78 is 1.86. The molecule has 0 aliphatic carbocycles. The molecule has 3 aromatic heterocycles. The summed E-state index contributed by atoms with van der Waals surface area (Å²) in [5.74, 6) is 0.0255. The van der Waals surface area contributed by atoms with Crippen LogP contribution in [0, 0.1) is 0 Å². The van der Waals surface area contributed by atoms with Crippen molar-refractivity contribution in [3.63, 3.8) is 0 Å². The highest BCUT2D eigenvalue weighted by Crippen LogP contribution is 2.35. The van der Waals surface area contributed by atoms with Gasteiger partial charge in [0.15, 0.2) is 0 Å². The van der Waals surface area contributed by atoms with Crippen LogP contribution in [0.3, 0.4) is 0 Å². The molecule has 0 fully saturated rings. The van der Waals surface area contributed by atoms with Crippen LogP contribution in [0.5, 0.6) is 0 Å². The Balaban J connectivity index is 1.52. The summed E-state index contributed by atoms with van der Waals surface area (Å²) in [5.41, 5.74) is 4.58. The van der Waals surface area contributed by atoms with Crippen LogP contribution in [0.2, 0.25) is 0 Å². The molecule has 0 saturated heterocycles. The molecule has 4 heterocycles.